The molecule has 1 unspecified atom stereocenters. The molecule has 0 aliphatic rings. The van der Waals surface area contributed by atoms with Gasteiger partial charge >= 0.3 is 0 Å². The van der Waals surface area contributed by atoms with Crippen molar-refractivity contribution >= 4 is 22.4 Å². The van der Waals surface area contributed by atoms with Crippen molar-refractivity contribution < 1.29 is 18.3 Å². The highest BCUT2D eigenvalue weighted by molar-refractivity contribution is 5.94. The van der Waals surface area contributed by atoms with Gasteiger partial charge in [0.25, 0.3) is 5.91 Å². The summed E-state index contributed by atoms with van der Waals surface area (Å²) in [7, 11) is 0. The number of fused-ring (bicyclic) bond motifs is 1. The average Bonchev–Trinajstić information content (AvgIpc) is 2.57. The van der Waals surface area contributed by atoms with Crippen LogP contribution in [0.5, 0.6) is 5.75 Å². The fourth-order valence-electron chi connectivity index (χ4n) is 2.32. The quantitative estimate of drug-likeness (QED) is 0.765. The molecule has 0 saturated carbocycles. The van der Waals surface area contributed by atoms with Gasteiger partial charge in [0, 0.05) is 6.07 Å². The highest BCUT2D eigenvalue weighted by Crippen LogP contribution is 2.22. The van der Waals surface area contributed by atoms with Crippen molar-refractivity contribution in [3.63, 3.8) is 0 Å². The minimum atomic E-state index is -0.837. The smallest absolute Gasteiger partial charge is 0.265 e. The summed E-state index contributed by atoms with van der Waals surface area (Å²) in [6.45, 7) is 1.56. The molecule has 0 fully saturated rings. The van der Waals surface area contributed by atoms with Gasteiger partial charge in [0.2, 0.25) is 0 Å². The molecule has 0 radical (unpaired) electrons. The molecule has 122 valence electrons. The number of ether oxygens (including phenoxy) is 1. The topological polar surface area (TPSA) is 38.3 Å². The Morgan fingerprint density at radius 2 is 1.75 bits per heavy atom. The second-order valence-corrected chi connectivity index (χ2v) is 5.38. The van der Waals surface area contributed by atoms with E-state index in [0.717, 1.165) is 16.8 Å². The summed E-state index contributed by atoms with van der Waals surface area (Å²) in [5, 5.41) is 4.45. The summed E-state index contributed by atoms with van der Waals surface area (Å²) < 4.78 is 32.1. The average molecular weight is 327 g/mol. The minimum absolute atomic E-state index is 0.0876. The van der Waals surface area contributed by atoms with Crippen LogP contribution in [0.4, 0.5) is 14.5 Å². The maximum absolute atomic E-state index is 13.6. The second kappa shape index (κ2) is 6.66. The maximum atomic E-state index is 13.6. The Labute approximate surface area is 137 Å². The lowest BCUT2D eigenvalue weighted by molar-refractivity contribution is -0.122. The molecular weight excluding hydrogens is 312 g/mol. The number of carbonyl (C=O) groups excluding carboxylic acids is 1. The number of halogens is 2. The number of benzene rings is 3. The number of carbonyl (C=O) groups is 1. The molecule has 0 saturated heterocycles. The van der Waals surface area contributed by atoms with E-state index in [9.17, 15) is 13.6 Å². The van der Waals surface area contributed by atoms with Crippen LogP contribution < -0.4 is 10.1 Å². The van der Waals surface area contributed by atoms with E-state index in [1.54, 1.807) is 13.0 Å². The number of hydrogen-bond donors (Lipinski definition) is 1. The molecule has 3 nitrogen and oxygen atoms in total. The van der Waals surface area contributed by atoms with Gasteiger partial charge in [-0.25, -0.2) is 8.78 Å². The van der Waals surface area contributed by atoms with E-state index >= 15 is 0 Å². The van der Waals surface area contributed by atoms with Crippen LogP contribution in [0, 0.1) is 11.6 Å². The van der Waals surface area contributed by atoms with E-state index in [1.165, 1.54) is 6.07 Å². The summed E-state index contributed by atoms with van der Waals surface area (Å²) in [6, 6.07) is 16.2. The van der Waals surface area contributed by atoms with Crippen LogP contribution in [-0.2, 0) is 4.79 Å². The number of anilines is 1. The molecule has 1 atom stereocenters. The van der Waals surface area contributed by atoms with Crippen LogP contribution in [0.1, 0.15) is 6.92 Å². The summed E-state index contributed by atoms with van der Waals surface area (Å²) in [4.78, 5) is 12.1. The first-order valence-corrected chi connectivity index (χ1v) is 7.44. The van der Waals surface area contributed by atoms with E-state index in [0.29, 0.717) is 11.8 Å². The Balaban J connectivity index is 1.70. The van der Waals surface area contributed by atoms with Gasteiger partial charge in [-0.1, -0.05) is 30.3 Å². The third-order valence-corrected chi connectivity index (χ3v) is 3.59. The van der Waals surface area contributed by atoms with Crippen molar-refractivity contribution in [1.82, 2.24) is 0 Å². The van der Waals surface area contributed by atoms with Crippen LogP contribution in [-0.4, -0.2) is 12.0 Å². The van der Waals surface area contributed by atoms with Gasteiger partial charge in [-0.3, -0.25) is 4.79 Å². The normalized spacial score (nSPS) is 12.0. The number of nitrogens with one attached hydrogen (secondary N) is 1. The highest BCUT2D eigenvalue weighted by atomic mass is 19.1. The van der Waals surface area contributed by atoms with Gasteiger partial charge in [-0.15, -0.1) is 0 Å². The third-order valence-electron chi connectivity index (χ3n) is 3.59. The van der Waals surface area contributed by atoms with Crippen LogP contribution in [0.2, 0.25) is 0 Å². The Morgan fingerprint density at radius 1 is 1.00 bits per heavy atom. The van der Waals surface area contributed by atoms with Gasteiger partial charge in [-0.05, 0) is 42.0 Å². The molecule has 0 aliphatic heterocycles. The van der Waals surface area contributed by atoms with Crippen LogP contribution in [0.25, 0.3) is 10.8 Å². The van der Waals surface area contributed by atoms with Gasteiger partial charge in [0.15, 0.2) is 6.10 Å². The van der Waals surface area contributed by atoms with Crippen LogP contribution >= 0.6 is 0 Å². The fraction of sp³-hybridized carbons (Fsp3) is 0.105. The fourth-order valence-corrected chi connectivity index (χ4v) is 2.32. The molecule has 0 bridgehead atoms. The molecule has 1 N–H and O–H groups in total. The van der Waals surface area contributed by atoms with E-state index in [1.807, 2.05) is 36.4 Å². The van der Waals surface area contributed by atoms with E-state index < -0.39 is 23.6 Å². The van der Waals surface area contributed by atoms with Crippen molar-refractivity contribution in [2.45, 2.75) is 13.0 Å². The molecule has 0 aliphatic carbocycles. The Hall–Kier alpha value is -2.95. The Kier molecular flexibility index (Phi) is 4.42. The lowest BCUT2D eigenvalue weighted by Crippen LogP contribution is -2.30. The third kappa shape index (κ3) is 3.51. The lowest BCUT2D eigenvalue weighted by Gasteiger charge is -2.15. The lowest BCUT2D eigenvalue weighted by atomic mass is 10.1. The predicted molar refractivity (Wildman–Crippen MR) is 89.0 cm³/mol. The summed E-state index contributed by atoms with van der Waals surface area (Å²) in [5.41, 5.74) is -0.0876. The van der Waals surface area contributed by atoms with Gasteiger partial charge in [-0.2, -0.15) is 0 Å². The molecule has 0 aromatic heterocycles. The second-order valence-electron chi connectivity index (χ2n) is 5.38. The van der Waals surface area contributed by atoms with Crippen molar-refractivity contribution in [2.75, 3.05) is 5.32 Å². The van der Waals surface area contributed by atoms with E-state index in [4.69, 9.17) is 4.74 Å². The Bertz CT molecular complexity index is 895. The van der Waals surface area contributed by atoms with Gasteiger partial charge < -0.3 is 10.1 Å². The molecular formula is C19H15F2NO2. The molecule has 3 aromatic rings. The van der Waals surface area contributed by atoms with E-state index in [2.05, 4.69) is 5.32 Å². The maximum Gasteiger partial charge on any atom is 0.265 e. The first kappa shape index (κ1) is 15.9. The summed E-state index contributed by atoms with van der Waals surface area (Å²) in [5.74, 6) is -1.52. The largest absolute Gasteiger partial charge is 0.481 e. The van der Waals surface area contributed by atoms with Crippen molar-refractivity contribution in [3.05, 3.63) is 72.3 Å². The predicted octanol–water partition coefficient (Wildman–Crippen LogP) is 4.52. The van der Waals surface area contributed by atoms with Crippen molar-refractivity contribution in [3.8, 4) is 5.75 Å². The molecule has 1 amide bonds. The molecule has 0 spiro atoms. The number of amides is 1. The van der Waals surface area contributed by atoms with Gasteiger partial charge in [0.05, 0.1) is 5.69 Å². The van der Waals surface area contributed by atoms with Crippen molar-refractivity contribution in [2.24, 2.45) is 0 Å². The zero-order chi connectivity index (χ0) is 17.1. The molecule has 3 aromatic carbocycles. The molecule has 24 heavy (non-hydrogen) atoms. The SMILES string of the molecule is CC(Oc1ccc2ccccc2c1)C(=O)Nc1ccc(F)cc1F. The monoisotopic (exact) mass is 327 g/mol. The summed E-state index contributed by atoms with van der Waals surface area (Å²) in [6.07, 6.45) is -0.837. The highest BCUT2D eigenvalue weighted by Gasteiger charge is 2.17. The zero-order valence-corrected chi connectivity index (χ0v) is 12.9. The van der Waals surface area contributed by atoms with Crippen LogP contribution in [0.15, 0.2) is 60.7 Å². The standard InChI is InChI=1S/C19H15F2NO2/c1-12(19(23)22-18-9-7-15(20)11-17(18)21)24-16-8-6-13-4-2-3-5-14(13)10-16/h2-12H,1H3,(H,22,23). The zero-order valence-electron chi connectivity index (χ0n) is 12.9. The first-order chi connectivity index (χ1) is 11.5. The Morgan fingerprint density at radius 3 is 2.50 bits per heavy atom. The summed E-state index contributed by atoms with van der Waals surface area (Å²) >= 11 is 0. The first-order valence-electron chi connectivity index (χ1n) is 7.44. The minimum Gasteiger partial charge on any atom is -0.481 e. The van der Waals surface area contributed by atoms with Crippen molar-refractivity contribution in [1.29, 1.82) is 0 Å². The number of rotatable bonds is 4. The van der Waals surface area contributed by atoms with Gasteiger partial charge in [0.1, 0.15) is 17.4 Å². The van der Waals surface area contributed by atoms with E-state index in [-0.39, 0.29) is 5.69 Å². The molecule has 0 heterocycles. The number of hydrogen-bond acceptors (Lipinski definition) is 2. The molecule has 5 heteroatoms. The van der Waals surface area contributed by atoms with Crippen LogP contribution in [0.3, 0.4) is 0 Å². The molecule has 3 rings (SSSR count).